The van der Waals surface area contributed by atoms with Gasteiger partial charge in [0.15, 0.2) is 0 Å². The van der Waals surface area contributed by atoms with Gasteiger partial charge in [0.2, 0.25) is 11.8 Å². The molecule has 0 unspecified atom stereocenters. The molecule has 0 saturated carbocycles. The standard InChI is InChI=1S/C21H33N3O2/c1-15(2)18(23-17-10-6-5-7-11-17)14-22-20(25)19-12-8-9-13-24(19)21(26)16(3)4/h5-7,10-11,15-16,18-19,23H,8-9,12-14H2,1-4H3,(H,22,25)/t18-,19+/m1/s1. The highest BCUT2D eigenvalue weighted by molar-refractivity contribution is 5.88. The van der Waals surface area contributed by atoms with E-state index in [0.29, 0.717) is 19.0 Å². The summed E-state index contributed by atoms with van der Waals surface area (Å²) in [7, 11) is 0. The molecule has 1 heterocycles. The van der Waals surface area contributed by atoms with Crippen LogP contribution in [0.15, 0.2) is 30.3 Å². The first kappa shape index (κ1) is 20.3. The number of nitrogens with one attached hydrogen (secondary N) is 2. The van der Waals surface area contributed by atoms with Crippen molar-refractivity contribution in [2.75, 3.05) is 18.4 Å². The van der Waals surface area contributed by atoms with Crippen LogP contribution in [0, 0.1) is 11.8 Å². The number of hydrogen-bond acceptors (Lipinski definition) is 3. The van der Waals surface area contributed by atoms with E-state index in [2.05, 4.69) is 24.5 Å². The second-order valence-corrected chi connectivity index (χ2v) is 7.80. The van der Waals surface area contributed by atoms with Crippen molar-refractivity contribution in [3.05, 3.63) is 30.3 Å². The molecule has 1 saturated heterocycles. The van der Waals surface area contributed by atoms with Crippen LogP contribution >= 0.6 is 0 Å². The quantitative estimate of drug-likeness (QED) is 0.785. The van der Waals surface area contributed by atoms with Gasteiger partial charge in [0.1, 0.15) is 6.04 Å². The Morgan fingerprint density at radius 2 is 1.81 bits per heavy atom. The van der Waals surface area contributed by atoms with Crippen molar-refractivity contribution in [1.82, 2.24) is 10.2 Å². The lowest BCUT2D eigenvalue weighted by Gasteiger charge is -2.36. The fourth-order valence-corrected chi connectivity index (χ4v) is 3.33. The normalized spacial score (nSPS) is 18.7. The third kappa shape index (κ3) is 5.48. The number of amides is 2. The molecule has 1 aliphatic rings. The lowest BCUT2D eigenvalue weighted by atomic mass is 9.98. The van der Waals surface area contributed by atoms with Gasteiger partial charge in [0, 0.05) is 30.7 Å². The largest absolute Gasteiger partial charge is 0.380 e. The van der Waals surface area contributed by atoms with Gasteiger partial charge < -0.3 is 15.5 Å². The van der Waals surface area contributed by atoms with E-state index in [1.54, 1.807) is 4.90 Å². The first-order valence-corrected chi connectivity index (χ1v) is 9.80. The van der Waals surface area contributed by atoms with Crippen LogP contribution in [0.2, 0.25) is 0 Å². The van der Waals surface area contributed by atoms with Crippen molar-refractivity contribution in [3.8, 4) is 0 Å². The van der Waals surface area contributed by atoms with Crippen LogP contribution in [0.1, 0.15) is 47.0 Å². The molecule has 1 aromatic rings. The summed E-state index contributed by atoms with van der Waals surface area (Å²) in [5.41, 5.74) is 1.05. The summed E-state index contributed by atoms with van der Waals surface area (Å²) in [5.74, 6) is 0.341. The van der Waals surface area contributed by atoms with E-state index in [4.69, 9.17) is 0 Å². The SMILES string of the molecule is CC(C)C(=O)N1CCCC[C@H]1C(=O)NC[C@@H](Nc1ccccc1)C(C)C. The maximum atomic E-state index is 12.8. The summed E-state index contributed by atoms with van der Waals surface area (Å²) in [6, 6.07) is 9.84. The smallest absolute Gasteiger partial charge is 0.242 e. The van der Waals surface area contributed by atoms with Crippen LogP contribution < -0.4 is 10.6 Å². The molecular formula is C21H33N3O2. The Morgan fingerprint density at radius 3 is 2.42 bits per heavy atom. The second-order valence-electron chi connectivity index (χ2n) is 7.80. The number of benzene rings is 1. The van der Waals surface area contributed by atoms with Gasteiger partial charge in [-0.15, -0.1) is 0 Å². The minimum absolute atomic E-state index is 0.0285. The summed E-state index contributed by atoms with van der Waals surface area (Å²) < 4.78 is 0. The van der Waals surface area contributed by atoms with Gasteiger partial charge in [0.05, 0.1) is 0 Å². The Balaban J connectivity index is 1.96. The number of carbonyl (C=O) groups is 2. The van der Waals surface area contributed by atoms with Crippen molar-refractivity contribution in [2.24, 2.45) is 11.8 Å². The predicted molar refractivity (Wildman–Crippen MR) is 106 cm³/mol. The number of anilines is 1. The molecule has 5 heteroatoms. The van der Waals surface area contributed by atoms with Crippen molar-refractivity contribution >= 4 is 17.5 Å². The van der Waals surface area contributed by atoms with Crippen LogP contribution in [0.3, 0.4) is 0 Å². The number of likely N-dealkylation sites (tertiary alicyclic amines) is 1. The molecule has 1 aromatic carbocycles. The van der Waals surface area contributed by atoms with Gasteiger partial charge in [-0.3, -0.25) is 9.59 Å². The third-order valence-electron chi connectivity index (χ3n) is 5.01. The molecule has 5 nitrogen and oxygen atoms in total. The van der Waals surface area contributed by atoms with Gasteiger partial charge in [-0.05, 0) is 37.3 Å². The first-order valence-electron chi connectivity index (χ1n) is 9.80. The summed E-state index contributed by atoms with van der Waals surface area (Å²) in [6.45, 7) is 9.30. The van der Waals surface area contributed by atoms with Crippen LogP contribution in [0.5, 0.6) is 0 Å². The summed E-state index contributed by atoms with van der Waals surface area (Å²) >= 11 is 0. The third-order valence-corrected chi connectivity index (χ3v) is 5.01. The summed E-state index contributed by atoms with van der Waals surface area (Å²) in [6.07, 6.45) is 2.73. The highest BCUT2D eigenvalue weighted by atomic mass is 16.2. The van der Waals surface area contributed by atoms with E-state index in [0.717, 1.165) is 24.9 Å². The maximum absolute atomic E-state index is 12.8. The van der Waals surface area contributed by atoms with Crippen LogP contribution in [0.25, 0.3) is 0 Å². The molecule has 2 amide bonds. The van der Waals surface area contributed by atoms with Crippen LogP contribution in [0.4, 0.5) is 5.69 Å². The molecular weight excluding hydrogens is 326 g/mol. The van der Waals surface area contributed by atoms with E-state index in [1.807, 2.05) is 44.2 Å². The fraction of sp³-hybridized carbons (Fsp3) is 0.619. The molecule has 0 spiro atoms. The minimum atomic E-state index is -0.330. The molecule has 2 atom stereocenters. The number of para-hydroxylation sites is 1. The second kappa shape index (κ2) is 9.60. The fourth-order valence-electron chi connectivity index (χ4n) is 3.33. The highest BCUT2D eigenvalue weighted by Gasteiger charge is 2.33. The zero-order chi connectivity index (χ0) is 19.1. The zero-order valence-electron chi connectivity index (χ0n) is 16.5. The number of nitrogens with zero attached hydrogens (tertiary/aromatic N) is 1. The Morgan fingerprint density at radius 1 is 1.12 bits per heavy atom. The van der Waals surface area contributed by atoms with Crippen LogP contribution in [-0.4, -0.2) is 41.9 Å². The van der Waals surface area contributed by atoms with E-state index >= 15 is 0 Å². The van der Waals surface area contributed by atoms with E-state index in [9.17, 15) is 9.59 Å². The monoisotopic (exact) mass is 359 g/mol. The molecule has 144 valence electrons. The van der Waals surface area contributed by atoms with Gasteiger partial charge in [-0.25, -0.2) is 0 Å². The molecule has 0 radical (unpaired) electrons. The molecule has 2 N–H and O–H groups in total. The minimum Gasteiger partial charge on any atom is -0.380 e. The van der Waals surface area contributed by atoms with Gasteiger partial charge in [-0.2, -0.15) is 0 Å². The Bertz CT molecular complexity index is 586. The van der Waals surface area contributed by atoms with Crippen LogP contribution in [-0.2, 0) is 9.59 Å². The lowest BCUT2D eigenvalue weighted by molar-refractivity contribution is -0.144. The van der Waals surface area contributed by atoms with E-state index in [1.165, 1.54) is 0 Å². The van der Waals surface area contributed by atoms with Gasteiger partial charge in [-0.1, -0.05) is 45.9 Å². The Kier molecular flexibility index (Phi) is 7.49. The molecule has 1 aliphatic heterocycles. The highest BCUT2D eigenvalue weighted by Crippen LogP contribution is 2.20. The van der Waals surface area contributed by atoms with Crippen molar-refractivity contribution in [2.45, 2.75) is 59.0 Å². The first-order chi connectivity index (χ1) is 12.4. The van der Waals surface area contributed by atoms with E-state index < -0.39 is 0 Å². The summed E-state index contributed by atoms with van der Waals surface area (Å²) in [5, 5.41) is 6.58. The van der Waals surface area contributed by atoms with Gasteiger partial charge >= 0.3 is 0 Å². The number of piperidine rings is 1. The van der Waals surface area contributed by atoms with Crippen molar-refractivity contribution in [3.63, 3.8) is 0 Å². The lowest BCUT2D eigenvalue weighted by Crippen LogP contribution is -2.54. The zero-order valence-corrected chi connectivity index (χ0v) is 16.5. The summed E-state index contributed by atoms with van der Waals surface area (Å²) in [4.78, 5) is 27.0. The molecule has 2 rings (SSSR count). The number of hydrogen-bond donors (Lipinski definition) is 2. The number of carbonyl (C=O) groups excluding carboxylic acids is 2. The Hall–Kier alpha value is -2.04. The topological polar surface area (TPSA) is 61.4 Å². The van der Waals surface area contributed by atoms with Crippen molar-refractivity contribution in [1.29, 1.82) is 0 Å². The predicted octanol–water partition coefficient (Wildman–Crippen LogP) is 3.28. The van der Waals surface area contributed by atoms with Gasteiger partial charge in [0.25, 0.3) is 0 Å². The molecule has 0 bridgehead atoms. The maximum Gasteiger partial charge on any atom is 0.242 e. The van der Waals surface area contributed by atoms with E-state index in [-0.39, 0.29) is 29.8 Å². The molecule has 1 fully saturated rings. The number of rotatable bonds is 7. The van der Waals surface area contributed by atoms with Crippen molar-refractivity contribution < 1.29 is 9.59 Å². The average Bonchev–Trinajstić information content (AvgIpc) is 2.64. The molecule has 0 aromatic heterocycles. The Labute approximate surface area is 157 Å². The molecule has 26 heavy (non-hydrogen) atoms. The average molecular weight is 360 g/mol. The molecule has 0 aliphatic carbocycles.